The van der Waals surface area contributed by atoms with Gasteiger partial charge in [0.05, 0.1) is 4.90 Å². The Balaban J connectivity index is 2.04. The number of sulfone groups is 1. The van der Waals surface area contributed by atoms with Crippen molar-refractivity contribution < 1.29 is 12.8 Å². The van der Waals surface area contributed by atoms with Gasteiger partial charge in [-0.05, 0) is 61.5 Å². The Hall–Kier alpha value is -2.02. The van der Waals surface area contributed by atoms with Crippen LogP contribution in [0, 0.1) is 5.82 Å². The van der Waals surface area contributed by atoms with E-state index in [1.54, 1.807) is 35.6 Å². The highest BCUT2D eigenvalue weighted by atomic mass is 32.2. The Morgan fingerprint density at radius 1 is 1.00 bits per heavy atom. The Labute approximate surface area is 170 Å². The second-order valence-electron chi connectivity index (χ2n) is 7.00. The summed E-state index contributed by atoms with van der Waals surface area (Å²) in [6, 6.07) is 15.6. The Bertz CT molecular complexity index is 1040. The van der Waals surface area contributed by atoms with Gasteiger partial charge in [0.2, 0.25) is 0 Å². The molecule has 0 radical (unpaired) electrons. The predicted octanol–water partition coefficient (Wildman–Crippen LogP) is 5.47. The zero-order valence-electron chi connectivity index (χ0n) is 16.3. The molecule has 3 rings (SSSR count). The van der Waals surface area contributed by atoms with Crippen LogP contribution in [0.25, 0.3) is 21.6 Å². The molecule has 3 aromatic rings. The SMILES string of the molecule is CCCN(C)Cc1cc(-c2ccc(S(C)(=O)=O)cc2)c(-c2ccc(F)cc2)s1. The van der Waals surface area contributed by atoms with E-state index in [2.05, 4.69) is 24.9 Å². The molecule has 0 aliphatic rings. The first kappa shape index (κ1) is 20.7. The third-order valence-electron chi connectivity index (χ3n) is 4.51. The standard InChI is InChI=1S/C22H24FNO2S2/c1-4-13-24(2)15-19-14-21(16-7-11-20(12-8-16)28(3,25)26)22(27-19)17-5-9-18(23)10-6-17/h5-12,14H,4,13,15H2,1-3H3. The summed E-state index contributed by atoms with van der Waals surface area (Å²) in [5.41, 5.74) is 2.95. The summed E-state index contributed by atoms with van der Waals surface area (Å²) in [4.78, 5) is 4.86. The van der Waals surface area contributed by atoms with Crippen molar-refractivity contribution in [3.8, 4) is 21.6 Å². The highest BCUT2D eigenvalue weighted by Crippen LogP contribution is 2.40. The minimum absolute atomic E-state index is 0.262. The number of benzene rings is 2. The summed E-state index contributed by atoms with van der Waals surface area (Å²) in [6.07, 6.45) is 2.30. The molecule has 0 aliphatic carbocycles. The van der Waals surface area contributed by atoms with Crippen molar-refractivity contribution in [2.24, 2.45) is 0 Å². The lowest BCUT2D eigenvalue weighted by Gasteiger charge is -2.13. The van der Waals surface area contributed by atoms with Crippen molar-refractivity contribution in [3.05, 3.63) is 65.3 Å². The van der Waals surface area contributed by atoms with Gasteiger partial charge in [0.15, 0.2) is 9.84 Å². The highest BCUT2D eigenvalue weighted by molar-refractivity contribution is 7.90. The minimum Gasteiger partial charge on any atom is -0.301 e. The molecule has 0 unspecified atom stereocenters. The molecular formula is C22H24FNO2S2. The van der Waals surface area contributed by atoms with Crippen molar-refractivity contribution in [1.29, 1.82) is 0 Å². The van der Waals surface area contributed by atoms with Gasteiger partial charge in [-0.15, -0.1) is 11.3 Å². The zero-order chi connectivity index (χ0) is 20.3. The molecule has 0 amide bonds. The van der Waals surface area contributed by atoms with Gasteiger partial charge in [-0.25, -0.2) is 12.8 Å². The van der Waals surface area contributed by atoms with Gasteiger partial charge in [0.25, 0.3) is 0 Å². The van der Waals surface area contributed by atoms with Crippen LogP contribution >= 0.6 is 11.3 Å². The highest BCUT2D eigenvalue weighted by Gasteiger charge is 2.15. The zero-order valence-corrected chi connectivity index (χ0v) is 17.9. The van der Waals surface area contributed by atoms with Crippen molar-refractivity contribution in [2.45, 2.75) is 24.8 Å². The molecule has 0 saturated carbocycles. The van der Waals surface area contributed by atoms with E-state index >= 15 is 0 Å². The smallest absolute Gasteiger partial charge is 0.175 e. The molecule has 0 N–H and O–H groups in total. The Morgan fingerprint density at radius 2 is 1.61 bits per heavy atom. The number of hydrogen-bond donors (Lipinski definition) is 0. The molecule has 0 fully saturated rings. The van der Waals surface area contributed by atoms with Crippen LogP contribution in [-0.4, -0.2) is 33.2 Å². The monoisotopic (exact) mass is 417 g/mol. The van der Waals surface area contributed by atoms with Crippen molar-refractivity contribution in [3.63, 3.8) is 0 Å². The quantitative estimate of drug-likeness (QED) is 0.512. The van der Waals surface area contributed by atoms with Crippen LogP contribution in [0.3, 0.4) is 0 Å². The maximum Gasteiger partial charge on any atom is 0.175 e. The first-order valence-electron chi connectivity index (χ1n) is 9.15. The second-order valence-corrected chi connectivity index (χ2v) is 10.1. The number of rotatable bonds is 7. The van der Waals surface area contributed by atoms with E-state index in [0.717, 1.165) is 41.1 Å². The summed E-state index contributed by atoms with van der Waals surface area (Å²) in [7, 11) is -1.13. The maximum absolute atomic E-state index is 13.4. The minimum atomic E-state index is -3.23. The molecule has 2 aromatic carbocycles. The number of hydrogen-bond acceptors (Lipinski definition) is 4. The van der Waals surface area contributed by atoms with Gasteiger partial charge in [-0.3, -0.25) is 0 Å². The average Bonchev–Trinajstić information content (AvgIpc) is 3.05. The molecule has 0 bridgehead atoms. The first-order valence-corrected chi connectivity index (χ1v) is 11.9. The van der Waals surface area contributed by atoms with Crippen LogP contribution in [0.15, 0.2) is 59.5 Å². The summed E-state index contributed by atoms with van der Waals surface area (Å²) < 4.78 is 36.9. The lowest BCUT2D eigenvalue weighted by molar-refractivity contribution is 0.330. The van der Waals surface area contributed by atoms with Gasteiger partial charge in [-0.2, -0.15) is 0 Å². The van der Waals surface area contributed by atoms with Gasteiger partial charge >= 0.3 is 0 Å². The molecule has 0 aliphatic heterocycles. The average molecular weight is 418 g/mol. The summed E-state index contributed by atoms with van der Waals surface area (Å²) in [5, 5.41) is 0. The fourth-order valence-electron chi connectivity index (χ4n) is 3.16. The fourth-order valence-corrected chi connectivity index (χ4v) is 5.05. The van der Waals surface area contributed by atoms with Crippen LogP contribution in [-0.2, 0) is 16.4 Å². The topological polar surface area (TPSA) is 37.4 Å². The number of nitrogens with zero attached hydrogens (tertiary/aromatic N) is 1. The normalized spacial score (nSPS) is 11.9. The fraction of sp³-hybridized carbons (Fsp3) is 0.273. The molecule has 0 atom stereocenters. The van der Waals surface area contributed by atoms with Crippen molar-refractivity contribution in [2.75, 3.05) is 19.8 Å². The molecular weight excluding hydrogens is 393 g/mol. The van der Waals surface area contributed by atoms with E-state index in [-0.39, 0.29) is 5.82 Å². The van der Waals surface area contributed by atoms with Crippen LogP contribution in [0.4, 0.5) is 4.39 Å². The summed E-state index contributed by atoms with van der Waals surface area (Å²) >= 11 is 1.69. The lowest BCUT2D eigenvalue weighted by atomic mass is 10.0. The van der Waals surface area contributed by atoms with Gasteiger partial charge in [0, 0.05) is 28.1 Å². The van der Waals surface area contributed by atoms with Gasteiger partial charge < -0.3 is 4.90 Å². The maximum atomic E-state index is 13.4. The van der Waals surface area contributed by atoms with E-state index < -0.39 is 9.84 Å². The summed E-state index contributed by atoms with van der Waals surface area (Å²) in [5.74, 6) is -0.262. The molecule has 3 nitrogen and oxygen atoms in total. The molecule has 6 heteroatoms. The van der Waals surface area contributed by atoms with Crippen LogP contribution in [0.2, 0.25) is 0 Å². The van der Waals surface area contributed by atoms with E-state index in [1.165, 1.54) is 23.3 Å². The van der Waals surface area contributed by atoms with Crippen molar-refractivity contribution >= 4 is 21.2 Å². The Morgan fingerprint density at radius 3 is 2.18 bits per heavy atom. The van der Waals surface area contributed by atoms with Gasteiger partial charge in [0.1, 0.15) is 5.82 Å². The molecule has 148 valence electrons. The summed E-state index contributed by atoms with van der Waals surface area (Å²) in [6.45, 7) is 4.01. The first-order chi connectivity index (χ1) is 13.3. The van der Waals surface area contributed by atoms with E-state index in [1.807, 2.05) is 12.1 Å². The molecule has 0 saturated heterocycles. The number of thiophene rings is 1. The molecule has 1 heterocycles. The second kappa shape index (κ2) is 8.55. The van der Waals surface area contributed by atoms with E-state index in [0.29, 0.717) is 4.90 Å². The predicted molar refractivity (Wildman–Crippen MR) is 115 cm³/mol. The molecule has 0 spiro atoms. The van der Waals surface area contributed by atoms with Crippen LogP contribution in [0.1, 0.15) is 18.2 Å². The third kappa shape index (κ3) is 4.87. The largest absolute Gasteiger partial charge is 0.301 e. The molecule has 28 heavy (non-hydrogen) atoms. The van der Waals surface area contributed by atoms with Gasteiger partial charge in [-0.1, -0.05) is 31.2 Å². The number of halogens is 1. The van der Waals surface area contributed by atoms with Crippen molar-refractivity contribution in [1.82, 2.24) is 4.90 Å². The van der Waals surface area contributed by atoms with E-state index in [4.69, 9.17) is 0 Å². The van der Waals surface area contributed by atoms with Crippen LogP contribution < -0.4 is 0 Å². The molecule has 1 aromatic heterocycles. The lowest BCUT2D eigenvalue weighted by Crippen LogP contribution is -2.17. The third-order valence-corrected chi connectivity index (χ3v) is 6.81. The van der Waals surface area contributed by atoms with Crippen LogP contribution in [0.5, 0.6) is 0 Å². The van der Waals surface area contributed by atoms with E-state index in [9.17, 15) is 12.8 Å². The Kier molecular flexibility index (Phi) is 6.33.